The Hall–Kier alpha value is -3.22. The van der Waals surface area contributed by atoms with Gasteiger partial charge in [-0.1, -0.05) is 6.42 Å². The number of aromatic nitrogens is 4. The van der Waals surface area contributed by atoms with E-state index in [1.54, 1.807) is 16.9 Å². The van der Waals surface area contributed by atoms with Crippen LogP contribution in [0.15, 0.2) is 23.4 Å². The molecular weight excluding hydrogens is 479 g/mol. The fourth-order valence-electron chi connectivity index (χ4n) is 4.28. The lowest BCUT2D eigenvalue weighted by Gasteiger charge is -2.35. The van der Waals surface area contributed by atoms with Gasteiger partial charge in [0.2, 0.25) is 11.9 Å². The minimum atomic E-state index is -4.82. The molecule has 1 atom stereocenters. The maximum Gasteiger partial charge on any atom is 0.423 e. The van der Waals surface area contributed by atoms with Gasteiger partial charge in [-0.2, -0.15) is 18.3 Å². The van der Waals surface area contributed by atoms with E-state index in [0.29, 0.717) is 38.0 Å². The first-order chi connectivity index (χ1) is 17.2. The highest BCUT2D eigenvalue weighted by atomic mass is 19.4. The smallest absolute Gasteiger partial charge is 0.379 e. The molecule has 2 fully saturated rings. The molecule has 2 aromatic rings. The van der Waals surface area contributed by atoms with Crippen LogP contribution in [0.25, 0.3) is 0 Å². The molecule has 2 aromatic heterocycles. The predicted octanol–water partition coefficient (Wildman–Crippen LogP) is 2.40. The third-order valence-corrected chi connectivity index (χ3v) is 6.52. The van der Waals surface area contributed by atoms with E-state index in [0.717, 1.165) is 6.20 Å². The largest absolute Gasteiger partial charge is 0.423 e. The Bertz CT molecular complexity index is 1080. The first kappa shape index (κ1) is 25.9. The van der Waals surface area contributed by atoms with Crippen molar-refractivity contribution in [1.82, 2.24) is 25.1 Å². The summed E-state index contributed by atoms with van der Waals surface area (Å²) < 4.78 is 44.9. The number of carbonyl (C=O) groups is 1. The minimum absolute atomic E-state index is 0.0466. The molecule has 13 heteroatoms. The van der Waals surface area contributed by atoms with Crippen LogP contribution < -0.4 is 15.8 Å². The van der Waals surface area contributed by atoms with E-state index in [1.807, 2.05) is 12.4 Å². The first-order valence-corrected chi connectivity index (χ1v) is 12.1. The van der Waals surface area contributed by atoms with Gasteiger partial charge in [0, 0.05) is 44.6 Å². The number of hydrogen-bond donors (Lipinski definition) is 2. The molecule has 1 saturated carbocycles. The van der Waals surface area contributed by atoms with Crippen molar-refractivity contribution in [1.29, 1.82) is 0 Å². The van der Waals surface area contributed by atoms with Gasteiger partial charge >= 0.3 is 6.18 Å². The van der Waals surface area contributed by atoms with Gasteiger partial charge in [-0.25, -0.2) is 15.1 Å². The molecule has 1 amide bonds. The number of H-pyrrole nitrogens is 1. The first-order valence-electron chi connectivity index (χ1n) is 12.1. The standard InChI is InChI=1S/C23H30F3N7O3/c1-15(30-18-13-29-31-21(35)20(18)23(24,25)26)14-36-10-5-19(34)32-6-8-33(9-7-32)22-27-11-17(12-28-22)16-3-2-4-16/h11-13,15-16H,2-10,14H2,1H3,(H2,30,31,35). The summed E-state index contributed by atoms with van der Waals surface area (Å²) in [7, 11) is 0. The summed E-state index contributed by atoms with van der Waals surface area (Å²) >= 11 is 0. The Labute approximate surface area is 206 Å². The van der Waals surface area contributed by atoms with Crippen LogP contribution >= 0.6 is 0 Å². The second-order valence-corrected chi connectivity index (χ2v) is 9.17. The summed E-state index contributed by atoms with van der Waals surface area (Å²) in [5.41, 5.74) is -1.88. The number of carbonyl (C=O) groups excluding carboxylic acids is 1. The molecule has 10 nitrogen and oxygen atoms in total. The zero-order valence-corrected chi connectivity index (χ0v) is 20.1. The highest BCUT2D eigenvalue weighted by Gasteiger charge is 2.37. The second kappa shape index (κ2) is 11.2. The third-order valence-electron chi connectivity index (χ3n) is 6.52. The van der Waals surface area contributed by atoms with E-state index >= 15 is 0 Å². The maximum atomic E-state index is 13.1. The summed E-state index contributed by atoms with van der Waals surface area (Å²) in [6.45, 7) is 4.20. The highest BCUT2D eigenvalue weighted by Crippen LogP contribution is 2.35. The quantitative estimate of drug-likeness (QED) is 0.495. The number of alkyl halides is 3. The predicted molar refractivity (Wildman–Crippen MR) is 126 cm³/mol. The molecule has 1 aliphatic carbocycles. The number of nitrogens with zero attached hydrogens (tertiary/aromatic N) is 5. The fraction of sp³-hybridized carbons (Fsp3) is 0.609. The molecule has 4 rings (SSSR count). The number of amides is 1. The number of aromatic amines is 1. The number of ether oxygens (including phenoxy) is 1. The number of hydrogen-bond acceptors (Lipinski definition) is 8. The average molecular weight is 510 g/mol. The van der Waals surface area contributed by atoms with Crippen LogP contribution in [0.4, 0.5) is 24.8 Å². The van der Waals surface area contributed by atoms with E-state index in [9.17, 15) is 22.8 Å². The highest BCUT2D eigenvalue weighted by molar-refractivity contribution is 5.76. The van der Waals surface area contributed by atoms with Gasteiger partial charge < -0.3 is 19.9 Å². The minimum Gasteiger partial charge on any atom is -0.379 e. The van der Waals surface area contributed by atoms with Crippen LogP contribution in [0, 0.1) is 0 Å². The van der Waals surface area contributed by atoms with Crippen molar-refractivity contribution >= 4 is 17.5 Å². The van der Waals surface area contributed by atoms with Crippen molar-refractivity contribution in [2.45, 2.75) is 50.7 Å². The normalized spacial score (nSPS) is 17.6. The molecule has 196 valence electrons. The van der Waals surface area contributed by atoms with Crippen molar-refractivity contribution in [2.75, 3.05) is 49.6 Å². The summed E-state index contributed by atoms with van der Waals surface area (Å²) in [6.07, 6.45) is 3.75. The van der Waals surface area contributed by atoms with E-state index < -0.39 is 29.0 Å². The topological polar surface area (TPSA) is 116 Å². The SMILES string of the molecule is CC(COCCC(=O)N1CCN(c2ncc(C3CCC3)cn2)CC1)Nc1cn[nH]c(=O)c1C(F)(F)F. The Kier molecular flexibility index (Phi) is 8.07. The van der Waals surface area contributed by atoms with Crippen LogP contribution in [0.2, 0.25) is 0 Å². The lowest BCUT2D eigenvalue weighted by Crippen LogP contribution is -2.49. The van der Waals surface area contributed by atoms with Crippen molar-refractivity contribution in [3.63, 3.8) is 0 Å². The van der Waals surface area contributed by atoms with Crippen LogP contribution in [0.1, 0.15) is 49.7 Å². The van der Waals surface area contributed by atoms with E-state index in [4.69, 9.17) is 4.74 Å². The molecule has 0 radical (unpaired) electrons. The van der Waals surface area contributed by atoms with Gasteiger partial charge in [-0.15, -0.1) is 0 Å². The van der Waals surface area contributed by atoms with Crippen molar-refractivity contribution in [2.24, 2.45) is 0 Å². The molecule has 0 spiro atoms. The van der Waals surface area contributed by atoms with E-state index in [1.165, 1.54) is 24.8 Å². The fourth-order valence-corrected chi connectivity index (χ4v) is 4.28. The zero-order chi connectivity index (χ0) is 25.7. The summed E-state index contributed by atoms with van der Waals surface area (Å²) in [6, 6.07) is -0.538. The summed E-state index contributed by atoms with van der Waals surface area (Å²) in [5, 5.41) is 7.82. The van der Waals surface area contributed by atoms with Crippen LogP contribution in [-0.2, 0) is 15.7 Å². The lowest BCUT2D eigenvalue weighted by molar-refractivity contribution is -0.138. The Morgan fingerprint density at radius 2 is 1.89 bits per heavy atom. The van der Waals surface area contributed by atoms with Crippen LogP contribution in [0.3, 0.4) is 0 Å². The molecular formula is C23H30F3N7O3. The molecule has 0 aromatic carbocycles. The number of anilines is 2. The average Bonchev–Trinajstić information content (AvgIpc) is 2.80. The summed E-state index contributed by atoms with van der Waals surface area (Å²) in [5.74, 6) is 1.22. The molecule has 2 N–H and O–H groups in total. The van der Waals surface area contributed by atoms with Crippen LogP contribution in [-0.4, -0.2) is 76.4 Å². The second-order valence-electron chi connectivity index (χ2n) is 9.17. The van der Waals surface area contributed by atoms with E-state index in [2.05, 4.69) is 25.3 Å². The van der Waals surface area contributed by atoms with Crippen molar-refractivity contribution < 1.29 is 22.7 Å². The molecule has 0 bridgehead atoms. The molecule has 1 saturated heterocycles. The Morgan fingerprint density at radius 1 is 1.19 bits per heavy atom. The molecule has 1 unspecified atom stereocenters. The van der Waals surface area contributed by atoms with Crippen molar-refractivity contribution in [3.05, 3.63) is 40.1 Å². The Morgan fingerprint density at radius 3 is 2.50 bits per heavy atom. The zero-order valence-electron chi connectivity index (χ0n) is 20.1. The van der Waals surface area contributed by atoms with Gasteiger partial charge in [0.15, 0.2) is 0 Å². The number of piperazine rings is 1. The van der Waals surface area contributed by atoms with Gasteiger partial charge in [-0.3, -0.25) is 9.59 Å². The number of nitrogens with one attached hydrogen (secondary N) is 2. The van der Waals surface area contributed by atoms with Crippen LogP contribution in [0.5, 0.6) is 0 Å². The van der Waals surface area contributed by atoms with Gasteiger partial charge in [0.25, 0.3) is 5.56 Å². The van der Waals surface area contributed by atoms with Gasteiger partial charge in [0.1, 0.15) is 5.56 Å². The summed E-state index contributed by atoms with van der Waals surface area (Å²) in [4.78, 5) is 36.9. The lowest BCUT2D eigenvalue weighted by atomic mass is 9.81. The van der Waals surface area contributed by atoms with Gasteiger partial charge in [0.05, 0.1) is 31.5 Å². The third kappa shape index (κ3) is 6.31. The molecule has 3 heterocycles. The number of halogens is 3. The van der Waals surface area contributed by atoms with E-state index in [-0.39, 0.29) is 25.5 Å². The molecule has 36 heavy (non-hydrogen) atoms. The monoisotopic (exact) mass is 509 g/mol. The molecule has 2 aliphatic rings. The maximum absolute atomic E-state index is 13.1. The van der Waals surface area contributed by atoms with Crippen molar-refractivity contribution in [3.8, 4) is 0 Å². The molecule has 1 aliphatic heterocycles. The van der Waals surface area contributed by atoms with Gasteiger partial charge in [-0.05, 0) is 31.2 Å². The Balaban J connectivity index is 1.16. The number of rotatable bonds is 9.